The first-order valence-corrected chi connectivity index (χ1v) is 6.55. The molecule has 0 saturated heterocycles. The van der Waals surface area contributed by atoms with Crippen LogP contribution in [0.5, 0.6) is 0 Å². The van der Waals surface area contributed by atoms with Crippen molar-refractivity contribution >= 4 is 11.5 Å². The van der Waals surface area contributed by atoms with E-state index in [1.54, 1.807) is 30.3 Å². The molecule has 3 rings (SSSR count). The van der Waals surface area contributed by atoms with Crippen molar-refractivity contribution < 1.29 is 23.2 Å². The van der Waals surface area contributed by atoms with Crippen LogP contribution in [-0.4, -0.2) is 5.78 Å². The summed E-state index contributed by atoms with van der Waals surface area (Å²) in [5.41, 5.74) is -2.28. The van der Waals surface area contributed by atoms with Crippen molar-refractivity contribution in [2.24, 2.45) is 0 Å². The second-order valence-corrected chi connectivity index (χ2v) is 5.29. The number of hydrogen-bond donors (Lipinski definition) is 0. The molecule has 1 unspecified atom stereocenters. The molecule has 0 N–H and O–H groups in total. The summed E-state index contributed by atoms with van der Waals surface area (Å²) in [7, 11) is 0. The van der Waals surface area contributed by atoms with Gasteiger partial charge in [0.25, 0.3) is 0 Å². The monoisotopic (exact) mass is 306 g/mol. The summed E-state index contributed by atoms with van der Waals surface area (Å²) in [6.45, 7) is 1.42. The van der Waals surface area contributed by atoms with Crippen molar-refractivity contribution in [3.05, 3.63) is 65.2 Å². The maximum absolute atomic E-state index is 12.8. The average molecular weight is 306 g/mol. The van der Waals surface area contributed by atoms with Crippen LogP contribution >= 0.6 is 0 Å². The number of Topliss-reactive ketones (excluding diaryl/α,β-unsaturated/α-hetero) is 1. The minimum Gasteiger partial charge on any atom is -0.291 e. The van der Waals surface area contributed by atoms with Gasteiger partial charge in [-0.25, -0.2) is 5.06 Å². The van der Waals surface area contributed by atoms with E-state index in [2.05, 4.69) is 0 Å². The molecule has 0 bridgehead atoms. The van der Waals surface area contributed by atoms with Gasteiger partial charge in [-0.1, -0.05) is 35.5 Å². The van der Waals surface area contributed by atoms with E-state index >= 15 is 0 Å². The Balaban J connectivity index is 2.15. The van der Waals surface area contributed by atoms with Gasteiger partial charge in [-0.05, 0) is 30.7 Å². The molecule has 6 heteroatoms. The molecule has 0 spiro atoms. The zero-order valence-corrected chi connectivity index (χ0v) is 11.5. The van der Waals surface area contributed by atoms with Gasteiger partial charge in [0.1, 0.15) is 0 Å². The van der Waals surface area contributed by atoms with Crippen molar-refractivity contribution in [1.29, 1.82) is 0 Å². The standard InChI is InChI=1S/C16H11F3NO2/c1-15(10-5-3-2-4-6-10)14(21)12-9-11(16(17,18)19)7-8-13(12)20(15)22/h2-9H,1H3. The predicted octanol–water partition coefficient (Wildman–Crippen LogP) is 3.97. The van der Waals surface area contributed by atoms with E-state index in [0.717, 1.165) is 18.2 Å². The number of hydrogen-bond acceptors (Lipinski definition) is 2. The number of ketones is 1. The Morgan fingerprint density at radius 3 is 2.27 bits per heavy atom. The normalized spacial score (nSPS) is 21.1. The Bertz CT molecular complexity index is 743. The molecule has 113 valence electrons. The van der Waals surface area contributed by atoms with Crippen LogP contribution in [0.4, 0.5) is 18.9 Å². The summed E-state index contributed by atoms with van der Waals surface area (Å²) in [5, 5.41) is 13.0. The maximum atomic E-state index is 12.8. The fourth-order valence-electron chi connectivity index (χ4n) is 2.68. The van der Waals surface area contributed by atoms with Gasteiger partial charge in [-0.15, -0.1) is 0 Å². The maximum Gasteiger partial charge on any atom is 0.416 e. The van der Waals surface area contributed by atoms with Crippen molar-refractivity contribution in [3.63, 3.8) is 0 Å². The van der Waals surface area contributed by atoms with Crippen molar-refractivity contribution in [3.8, 4) is 0 Å². The number of rotatable bonds is 1. The molecule has 3 nitrogen and oxygen atoms in total. The highest BCUT2D eigenvalue weighted by atomic mass is 19.4. The minimum atomic E-state index is -4.56. The van der Waals surface area contributed by atoms with Crippen molar-refractivity contribution in [2.75, 3.05) is 5.06 Å². The second-order valence-electron chi connectivity index (χ2n) is 5.29. The van der Waals surface area contributed by atoms with Gasteiger partial charge in [0.05, 0.1) is 11.3 Å². The summed E-state index contributed by atoms with van der Waals surface area (Å²) >= 11 is 0. The number of hydroxylamine groups is 1. The lowest BCUT2D eigenvalue weighted by Gasteiger charge is -2.28. The second kappa shape index (κ2) is 4.58. The highest BCUT2D eigenvalue weighted by Crippen LogP contribution is 2.45. The highest BCUT2D eigenvalue weighted by molar-refractivity contribution is 6.13. The van der Waals surface area contributed by atoms with Crippen LogP contribution in [0, 0.1) is 0 Å². The van der Waals surface area contributed by atoms with Crippen LogP contribution in [0.15, 0.2) is 48.5 Å². The third-order valence-corrected chi connectivity index (χ3v) is 3.97. The SMILES string of the molecule is CC1(c2ccccc2)C(=O)c2cc(C(F)(F)F)ccc2N1[O]. The molecular formula is C16H11F3NO2. The molecule has 0 amide bonds. The fourth-order valence-corrected chi connectivity index (χ4v) is 2.68. The number of anilines is 1. The summed E-state index contributed by atoms with van der Waals surface area (Å²) in [6, 6.07) is 10.9. The van der Waals surface area contributed by atoms with Crippen LogP contribution in [0.3, 0.4) is 0 Å². The van der Waals surface area contributed by atoms with Crippen molar-refractivity contribution in [1.82, 2.24) is 0 Å². The summed E-state index contributed by atoms with van der Waals surface area (Å²) in [4.78, 5) is 12.6. The summed E-state index contributed by atoms with van der Waals surface area (Å²) < 4.78 is 38.4. The minimum absolute atomic E-state index is 0.0376. The predicted molar refractivity (Wildman–Crippen MR) is 72.7 cm³/mol. The van der Waals surface area contributed by atoms with E-state index < -0.39 is 23.1 Å². The Kier molecular flexibility index (Phi) is 3.04. The Morgan fingerprint density at radius 2 is 1.68 bits per heavy atom. The zero-order valence-electron chi connectivity index (χ0n) is 11.5. The van der Waals surface area contributed by atoms with E-state index in [0.29, 0.717) is 10.6 Å². The fraction of sp³-hybridized carbons (Fsp3) is 0.188. The van der Waals surface area contributed by atoms with Crippen LogP contribution in [0.25, 0.3) is 0 Å². The van der Waals surface area contributed by atoms with Gasteiger partial charge in [-0.3, -0.25) is 4.79 Å². The van der Waals surface area contributed by atoms with Gasteiger partial charge >= 0.3 is 6.18 Å². The van der Waals surface area contributed by atoms with Gasteiger partial charge in [0, 0.05) is 5.56 Å². The number of nitrogens with zero attached hydrogens (tertiary/aromatic N) is 1. The molecule has 0 aromatic heterocycles. The summed E-state index contributed by atoms with van der Waals surface area (Å²) in [6.07, 6.45) is -4.56. The molecule has 1 heterocycles. The molecule has 2 aromatic carbocycles. The van der Waals surface area contributed by atoms with Crippen LogP contribution < -0.4 is 5.06 Å². The van der Waals surface area contributed by atoms with E-state index in [1.807, 2.05) is 0 Å². The number of benzene rings is 2. The molecule has 0 fully saturated rings. The zero-order chi connectivity index (χ0) is 16.1. The Labute approximate surface area is 124 Å². The average Bonchev–Trinajstić information content (AvgIpc) is 2.70. The molecule has 1 aliphatic rings. The molecule has 0 aliphatic carbocycles. The van der Waals surface area contributed by atoms with Crippen LogP contribution in [0.2, 0.25) is 0 Å². The topological polar surface area (TPSA) is 40.2 Å². The van der Waals surface area contributed by atoms with E-state index in [1.165, 1.54) is 6.92 Å². The van der Waals surface area contributed by atoms with Gasteiger partial charge in [-0.2, -0.15) is 13.2 Å². The van der Waals surface area contributed by atoms with E-state index in [4.69, 9.17) is 0 Å². The van der Waals surface area contributed by atoms with E-state index in [-0.39, 0.29) is 11.3 Å². The number of fused-ring (bicyclic) bond motifs is 1. The lowest BCUT2D eigenvalue weighted by atomic mass is 9.87. The highest BCUT2D eigenvalue weighted by Gasteiger charge is 2.50. The molecule has 0 saturated carbocycles. The molecule has 1 radical (unpaired) electrons. The third kappa shape index (κ3) is 1.91. The van der Waals surface area contributed by atoms with E-state index in [9.17, 15) is 23.2 Å². The first-order valence-electron chi connectivity index (χ1n) is 6.55. The smallest absolute Gasteiger partial charge is 0.291 e. The Morgan fingerprint density at radius 1 is 1.05 bits per heavy atom. The van der Waals surface area contributed by atoms with Crippen LogP contribution in [-0.2, 0) is 16.9 Å². The van der Waals surface area contributed by atoms with Gasteiger partial charge in [0.15, 0.2) is 11.3 Å². The molecular weight excluding hydrogens is 295 g/mol. The number of carbonyl (C=O) groups excluding carboxylic acids is 1. The lowest BCUT2D eigenvalue weighted by molar-refractivity contribution is -0.137. The number of alkyl halides is 3. The third-order valence-electron chi connectivity index (χ3n) is 3.97. The molecule has 2 aromatic rings. The molecule has 22 heavy (non-hydrogen) atoms. The van der Waals surface area contributed by atoms with Gasteiger partial charge in [0.2, 0.25) is 0 Å². The van der Waals surface area contributed by atoms with Crippen LogP contribution in [0.1, 0.15) is 28.4 Å². The first kappa shape index (κ1) is 14.6. The molecule has 1 aliphatic heterocycles. The summed E-state index contributed by atoms with van der Waals surface area (Å²) in [5.74, 6) is -0.630. The van der Waals surface area contributed by atoms with Crippen molar-refractivity contribution in [2.45, 2.75) is 18.6 Å². The quantitative estimate of drug-likeness (QED) is 0.800. The largest absolute Gasteiger partial charge is 0.416 e. The Hall–Kier alpha value is -2.34. The molecule has 1 atom stereocenters. The number of halogens is 3. The number of carbonyl (C=O) groups is 1. The lowest BCUT2D eigenvalue weighted by Crippen LogP contribution is -2.42. The first-order chi connectivity index (χ1) is 10.3. The van der Waals surface area contributed by atoms with Gasteiger partial charge < -0.3 is 0 Å².